The number of hydrogen-bond acceptors (Lipinski definition) is 5. The van der Waals surface area contributed by atoms with Gasteiger partial charge < -0.3 is 10.0 Å². The van der Waals surface area contributed by atoms with Crippen LogP contribution in [0.4, 0.5) is 5.82 Å². The van der Waals surface area contributed by atoms with Gasteiger partial charge >= 0.3 is 0 Å². The zero-order valence-corrected chi connectivity index (χ0v) is 14.5. The lowest BCUT2D eigenvalue weighted by Gasteiger charge is -2.48. The van der Waals surface area contributed by atoms with E-state index in [1.807, 2.05) is 30.3 Å². The minimum Gasteiger partial charge on any atom is -0.381 e. The first kappa shape index (κ1) is 15.3. The van der Waals surface area contributed by atoms with E-state index in [1.165, 1.54) is 6.33 Å². The van der Waals surface area contributed by atoms with Crippen molar-refractivity contribution in [2.24, 2.45) is 0 Å². The maximum absolute atomic E-state index is 11.3. The second-order valence-corrected chi connectivity index (χ2v) is 6.85. The van der Waals surface area contributed by atoms with E-state index in [2.05, 4.69) is 45.1 Å². The second-order valence-electron chi connectivity index (χ2n) is 6.85. The Bertz CT molecular complexity index is 1110. The van der Waals surface area contributed by atoms with Crippen molar-refractivity contribution in [2.45, 2.75) is 18.9 Å². The average Bonchev–Trinajstić information content (AvgIpc) is 3.13. The normalized spacial score (nSPS) is 16.2. The number of rotatable bonds is 3. The summed E-state index contributed by atoms with van der Waals surface area (Å²) in [6.07, 6.45) is 2.35. The molecule has 0 atom stereocenters. The summed E-state index contributed by atoms with van der Waals surface area (Å²) in [5.41, 5.74) is 1.08. The Hall–Kier alpha value is -2.99. The van der Waals surface area contributed by atoms with Crippen LogP contribution in [0.5, 0.6) is 0 Å². The van der Waals surface area contributed by atoms with E-state index < -0.39 is 5.60 Å². The molecule has 6 nitrogen and oxygen atoms in total. The van der Waals surface area contributed by atoms with Crippen molar-refractivity contribution in [3.63, 3.8) is 0 Å². The molecule has 0 spiro atoms. The molecule has 1 fully saturated rings. The SMILES string of the molecule is CCc1cc(N2CC(O)(c3cccc4ccccc34)C2)n2ncnc2n1. The highest BCUT2D eigenvalue weighted by Crippen LogP contribution is 2.38. The molecule has 5 rings (SSSR count). The molecule has 130 valence electrons. The van der Waals surface area contributed by atoms with Gasteiger partial charge in [-0.05, 0) is 22.8 Å². The predicted octanol–water partition coefficient (Wildman–Crippen LogP) is 2.55. The molecule has 1 aliphatic heterocycles. The number of aryl methyl sites for hydroxylation is 1. The van der Waals surface area contributed by atoms with E-state index in [1.54, 1.807) is 4.52 Å². The average molecular weight is 345 g/mol. The van der Waals surface area contributed by atoms with Crippen LogP contribution in [0.2, 0.25) is 0 Å². The lowest BCUT2D eigenvalue weighted by molar-refractivity contribution is 0.00823. The topological polar surface area (TPSA) is 66.5 Å². The van der Waals surface area contributed by atoms with Crippen molar-refractivity contribution in [1.82, 2.24) is 19.6 Å². The zero-order chi connectivity index (χ0) is 17.7. The van der Waals surface area contributed by atoms with E-state index in [9.17, 15) is 5.11 Å². The number of hydrogen-bond donors (Lipinski definition) is 1. The molecule has 0 saturated carbocycles. The summed E-state index contributed by atoms with van der Waals surface area (Å²) in [5.74, 6) is 1.52. The number of benzene rings is 2. The van der Waals surface area contributed by atoms with Gasteiger partial charge in [-0.2, -0.15) is 14.6 Å². The first-order chi connectivity index (χ1) is 12.7. The third-order valence-electron chi connectivity index (χ3n) is 5.17. The van der Waals surface area contributed by atoms with Crippen molar-refractivity contribution in [3.05, 3.63) is 66.1 Å². The Balaban J connectivity index is 1.53. The fourth-order valence-electron chi connectivity index (χ4n) is 3.80. The molecule has 0 bridgehead atoms. The van der Waals surface area contributed by atoms with Crippen LogP contribution in [0.1, 0.15) is 18.2 Å². The Labute approximate surface area is 150 Å². The van der Waals surface area contributed by atoms with Crippen LogP contribution in [-0.4, -0.2) is 37.8 Å². The van der Waals surface area contributed by atoms with Crippen LogP contribution in [0.25, 0.3) is 16.6 Å². The van der Waals surface area contributed by atoms with Crippen molar-refractivity contribution in [1.29, 1.82) is 0 Å². The van der Waals surface area contributed by atoms with Crippen molar-refractivity contribution >= 4 is 22.4 Å². The van der Waals surface area contributed by atoms with Gasteiger partial charge in [0.2, 0.25) is 0 Å². The summed E-state index contributed by atoms with van der Waals surface area (Å²) in [6.45, 7) is 3.10. The number of β-amino-alcohol motifs (C(OH)–C–C–N with tert-alkyl or cyclic N) is 1. The number of anilines is 1. The summed E-state index contributed by atoms with van der Waals surface area (Å²) < 4.78 is 1.74. The Morgan fingerprint density at radius 3 is 2.77 bits per heavy atom. The van der Waals surface area contributed by atoms with Crippen LogP contribution in [-0.2, 0) is 12.0 Å². The van der Waals surface area contributed by atoms with Crippen LogP contribution < -0.4 is 4.90 Å². The molecule has 6 heteroatoms. The minimum atomic E-state index is -0.872. The van der Waals surface area contributed by atoms with Crippen LogP contribution in [0.3, 0.4) is 0 Å². The molecular formula is C20H19N5O. The second kappa shape index (κ2) is 5.51. The summed E-state index contributed by atoms with van der Waals surface area (Å²) in [4.78, 5) is 10.8. The number of aliphatic hydroxyl groups is 1. The van der Waals surface area contributed by atoms with E-state index in [0.29, 0.717) is 18.9 Å². The molecular weight excluding hydrogens is 326 g/mol. The third-order valence-corrected chi connectivity index (χ3v) is 5.17. The Morgan fingerprint density at radius 2 is 1.92 bits per heavy atom. The highest BCUT2D eigenvalue weighted by Gasteiger charge is 2.44. The maximum atomic E-state index is 11.3. The molecule has 2 aromatic heterocycles. The first-order valence-corrected chi connectivity index (χ1v) is 8.83. The fraction of sp³-hybridized carbons (Fsp3) is 0.250. The summed E-state index contributed by atoms with van der Waals surface area (Å²) in [7, 11) is 0. The van der Waals surface area contributed by atoms with E-state index in [-0.39, 0.29) is 0 Å². The number of aromatic nitrogens is 4. The van der Waals surface area contributed by atoms with E-state index >= 15 is 0 Å². The molecule has 0 aliphatic carbocycles. The van der Waals surface area contributed by atoms with Gasteiger partial charge in [-0.25, -0.2) is 4.98 Å². The van der Waals surface area contributed by atoms with Crippen LogP contribution >= 0.6 is 0 Å². The highest BCUT2D eigenvalue weighted by molar-refractivity contribution is 5.87. The van der Waals surface area contributed by atoms with Gasteiger partial charge in [-0.3, -0.25) is 0 Å². The van der Waals surface area contributed by atoms with Crippen molar-refractivity contribution in [2.75, 3.05) is 18.0 Å². The molecule has 1 aliphatic rings. The molecule has 0 unspecified atom stereocenters. The van der Waals surface area contributed by atoms with Crippen molar-refractivity contribution in [3.8, 4) is 0 Å². The van der Waals surface area contributed by atoms with Gasteiger partial charge in [0.25, 0.3) is 5.78 Å². The minimum absolute atomic E-state index is 0.517. The van der Waals surface area contributed by atoms with Gasteiger partial charge in [-0.15, -0.1) is 0 Å². The summed E-state index contributed by atoms with van der Waals surface area (Å²) in [5, 5.41) is 17.8. The van der Waals surface area contributed by atoms with E-state index in [0.717, 1.165) is 34.3 Å². The fourth-order valence-corrected chi connectivity index (χ4v) is 3.80. The van der Waals surface area contributed by atoms with Gasteiger partial charge in [-0.1, -0.05) is 49.4 Å². The lowest BCUT2D eigenvalue weighted by Crippen LogP contribution is -2.60. The molecule has 0 amide bonds. The van der Waals surface area contributed by atoms with Gasteiger partial charge in [0.05, 0.1) is 13.1 Å². The first-order valence-electron chi connectivity index (χ1n) is 8.83. The molecule has 26 heavy (non-hydrogen) atoms. The van der Waals surface area contributed by atoms with Crippen LogP contribution in [0.15, 0.2) is 54.9 Å². The summed E-state index contributed by atoms with van der Waals surface area (Å²) >= 11 is 0. The largest absolute Gasteiger partial charge is 0.381 e. The molecule has 4 aromatic rings. The molecule has 0 radical (unpaired) electrons. The molecule has 1 saturated heterocycles. The molecule has 2 aromatic carbocycles. The maximum Gasteiger partial charge on any atom is 0.254 e. The van der Waals surface area contributed by atoms with Crippen molar-refractivity contribution < 1.29 is 5.11 Å². The lowest BCUT2D eigenvalue weighted by atomic mass is 9.83. The molecule has 1 N–H and O–H groups in total. The zero-order valence-electron chi connectivity index (χ0n) is 14.5. The number of nitrogens with zero attached hydrogens (tertiary/aromatic N) is 5. The smallest absolute Gasteiger partial charge is 0.254 e. The predicted molar refractivity (Wildman–Crippen MR) is 100 cm³/mol. The Kier molecular flexibility index (Phi) is 3.24. The standard InChI is InChI=1S/C20H19N5O/c1-2-15-10-18(25-19(23-15)21-13-22-25)24-11-20(26,12-24)17-9-5-7-14-6-3-4-8-16(14)17/h3-10,13,26H,2,11-12H2,1H3. The van der Waals surface area contributed by atoms with Crippen LogP contribution in [0, 0.1) is 0 Å². The van der Waals surface area contributed by atoms with E-state index in [4.69, 9.17) is 0 Å². The number of fused-ring (bicyclic) bond motifs is 2. The monoisotopic (exact) mass is 345 g/mol. The highest BCUT2D eigenvalue weighted by atomic mass is 16.3. The van der Waals surface area contributed by atoms with Gasteiger partial charge in [0, 0.05) is 11.8 Å². The Morgan fingerprint density at radius 1 is 1.12 bits per heavy atom. The molecule has 3 heterocycles. The van der Waals surface area contributed by atoms with Gasteiger partial charge in [0.1, 0.15) is 17.7 Å². The quantitative estimate of drug-likeness (QED) is 0.618. The van der Waals surface area contributed by atoms with Gasteiger partial charge in [0.15, 0.2) is 0 Å². The summed E-state index contributed by atoms with van der Waals surface area (Å²) in [6, 6.07) is 16.3. The third kappa shape index (κ3) is 2.19.